The van der Waals surface area contributed by atoms with Gasteiger partial charge >= 0.3 is 5.97 Å². The van der Waals surface area contributed by atoms with Gasteiger partial charge in [-0.15, -0.1) is 0 Å². The van der Waals surface area contributed by atoms with Crippen LogP contribution in [-0.2, 0) is 0 Å². The summed E-state index contributed by atoms with van der Waals surface area (Å²) in [6, 6.07) is 2.55. The molecule has 0 aliphatic carbocycles. The Morgan fingerprint density at radius 1 is 1.21 bits per heavy atom. The molecule has 12 nitrogen and oxygen atoms in total. The topological polar surface area (TPSA) is 211 Å². The van der Waals surface area contributed by atoms with Crippen LogP contribution in [0.3, 0.4) is 0 Å². The molecule has 2 rings (SSSR count). The number of aliphatic hydroxyl groups excluding tert-OH is 1. The van der Waals surface area contributed by atoms with Gasteiger partial charge in [-0.2, -0.15) is 0 Å². The number of nitrogens with zero attached hydrogens (tertiary/aromatic N) is 1. The maximum Gasteiger partial charge on any atom is 0.331 e. The molecule has 0 aliphatic heterocycles. The number of aromatic nitrogens is 2. The van der Waals surface area contributed by atoms with Gasteiger partial charge in [0.1, 0.15) is 11.5 Å². The molecule has 0 saturated carbocycles. The fourth-order valence-corrected chi connectivity index (χ4v) is 2.49. The summed E-state index contributed by atoms with van der Waals surface area (Å²) in [5, 5.41) is 69.9. The standard InChI is InChI=1S/C15H18BClN4O8/c16-14(25,26)13(24,15(27,28)29)21-11-4-8(9(17)6-20-11)7-3-10(19-5-7)12(23)18-1-2-22/h3-6,19,22,24-29H,1-2H2,(H,18,23)(H,20,21). The molecule has 0 saturated heterocycles. The maximum absolute atomic E-state index is 11.9. The normalized spacial score (nSPS) is 14.3. The molecule has 0 aromatic carbocycles. The second-order valence-corrected chi connectivity index (χ2v) is 6.44. The third-order valence-electron chi connectivity index (χ3n) is 3.82. The Balaban J connectivity index is 2.38. The second kappa shape index (κ2) is 8.26. The Morgan fingerprint density at radius 3 is 2.41 bits per heavy atom. The molecule has 2 aromatic rings. The molecule has 29 heavy (non-hydrogen) atoms. The Labute approximate surface area is 169 Å². The molecule has 0 spiro atoms. The van der Waals surface area contributed by atoms with E-state index in [1.54, 1.807) is 0 Å². The van der Waals surface area contributed by atoms with Crippen molar-refractivity contribution < 1.29 is 40.5 Å². The number of aliphatic hydroxyl groups is 7. The maximum atomic E-state index is 11.9. The van der Waals surface area contributed by atoms with Crippen LogP contribution in [0.4, 0.5) is 5.82 Å². The van der Waals surface area contributed by atoms with Crippen LogP contribution in [0.15, 0.2) is 24.5 Å². The lowest BCUT2D eigenvalue weighted by Crippen LogP contribution is -2.72. The van der Waals surface area contributed by atoms with Crippen molar-refractivity contribution >= 4 is 31.2 Å². The van der Waals surface area contributed by atoms with Crippen molar-refractivity contribution in [3.05, 3.63) is 35.2 Å². The van der Waals surface area contributed by atoms with Crippen LogP contribution in [0.25, 0.3) is 11.1 Å². The van der Waals surface area contributed by atoms with Crippen LogP contribution in [0.2, 0.25) is 5.02 Å². The van der Waals surface area contributed by atoms with Crippen molar-refractivity contribution in [2.24, 2.45) is 0 Å². The number of pyridine rings is 1. The van der Waals surface area contributed by atoms with Gasteiger partial charge in [-0.05, 0) is 12.1 Å². The lowest BCUT2D eigenvalue weighted by molar-refractivity contribution is -0.424. The van der Waals surface area contributed by atoms with E-state index < -0.39 is 29.1 Å². The summed E-state index contributed by atoms with van der Waals surface area (Å²) in [5.74, 6) is -5.00. The van der Waals surface area contributed by atoms with E-state index in [-0.39, 0.29) is 29.4 Å². The van der Waals surface area contributed by atoms with Crippen molar-refractivity contribution in [2.75, 3.05) is 18.5 Å². The van der Waals surface area contributed by atoms with Crippen LogP contribution in [0, 0.1) is 0 Å². The van der Waals surface area contributed by atoms with E-state index in [1.165, 1.54) is 12.3 Å². The Kier molecular flexibility index (Phi) is 6.56. The third kappa shape index (κ3) is 4.86. The fraction of sp³-hybridized carbons (Fsp3) is 0.333. The first kappa shape index (κ1) is 23.1. The average Bonchev–Trinajstić information content (AvgIpc) is 3.09. The van der Waals surface area contributed by atoms with Gasteiger partial charge in [-0.1, -0.05) is 11.6 Å². The lowest BCUT2D eigenvalue weighted by Gasteiger charge is -2.43. The third-order valence-corrected chi connectivity index (χ3v) is 4.12. The molecule has 2 aromatic heterocycles. The number of hydrogen-bond acceptors (Lipinski definition) is 10. The zero-order valence-corrected chi connectivity index (χ0v) is 15.4. The molecule has 0 bridgehead atoms. The predicted octanol–water partition coefficient (Wildman–Crippen LogP) is -3.01. The zero-order chi connectivity index (χ0) is 22.0. The predicted molar refractivity (Wildman–Crippen MR) is 99.3 cm³/mol. The SMILES string of the molecule is [B]C(O)(O)C(O)(Nc1cc(-c2c[nH]c(C(=O)NCCO)c2)c(Cl)cn1)C(O)(O)O. The summed E-state index contributed by atoms with van der Waals surface area (Å²) >= 11 is 6.08. The van der Waals surface area contributed by atoms with Gasteiger partial charge in [0.05, 0.1) is 11.6 Å². The van der Waals surface area contributed by atoms with Crippen molar-refractivity contribution in [3.8, 4) is 11.1 Å². The highest BCUT2D eigenvalue weighted by Crippen LogP contribution is 2.33. The second-order valence-electron chi connectivity index (χ2n) is 6.03. The summed E-state index contributed by atoms with van der Waals surface area (Å²) in [6.07, 6.45) is 2.48. The largest absolute Gasteiger partial charge is 0.395 e. The first-order chi connectivity index (χ1) is 13.3. The minimum absolute atomic E-state index is 0.0459. The van der Waals surface area contributed by atoms with Crippen molar-refractivity contribution in [3.63, 3.8) is 0 Å². The zero-order valence-electron chi connectivity index (χ0n) is 14.7. The van der Waals surface area contributed by atoms with E-state index in [9.17, 15) is 35.4 Å². The van der Waals surface area contributed by atoms with E-state index in [0.717, 1.165) is 12.3 Å². The van der Waals surface area contributed by atoms with Gasteiger partial charge < -0.3 is 51.4 Å². The van der Waals surface area contributed by atoms with Gasteiger partial charge in [-0.3, -0.25) is 4.79 Å². The highest BCUT2D eigenvalue weighted by molar-refractivity contribution is 6.33. The molecule has 156 valence electrons. The van der Waals surface area contributed by atoms with Gasteiger partial charge in [-0.25, -0.2) is 4.98 Å². The Morgan fingerprint density at radius 2 is 1.86 bits per heavy atom. The number of carbonyl (C=O) groups is 1. The number of carbonyl (C=O) groups excluding carboxylic acids is 1. The summed E-state index contributed by atoms with van der Waals surface area (Å²) in [5.41, 5.74) is -6.68. The Bertz CT molecular complexity index is 866. The van der Waals surface area contributed by atoms with Crippen molar-refractivity contribution in [1.82, 2.24) is 15.3 Å². The molecule has 2 heterocycles. The van der Waals surface area contributed by atoms with Gasteiger partial charge in [0.25, 0.3) is 11.6 Å². The smallest absolute Gasteiger partial charge is 0.331 e. The van der Waals surface area contributed by atoms with Crippen LogP contribution in [0.5, 0.6) is 0 Å². The van der Waals surface area contributed by atoms with E-state index >= 15 is 0 Å². The van der Waals surface area contributed by atoms with Crippen LogP contribution in [-0.4, -0.2) is 90.0 Å². The number of H-pyrrole nitrogens is 1. The van der Waals surface area contributed by atoms with Crippen molar-refractivity contribution in [1.29, 1.82) is 0 Å². The minimum atomic E-state index is -4.10. The van der Waals surface area contributed by atoms with Crippen LogP contribution in [0.1, 0.15) is 10.5 Å². The van der Waals surface area contributed by atoms with Crippen LogP contribution < -0.4 is 10.6 Å². The molecular formula is C15H18BClN4O8. The molecule has 0 aliphatic rings. The molecule has 10 N–H and O–H groups in total. The molecule has 1 atom stereocenters. The quantitative estimate of drug-likeness (QED) is 0.152. The number of halogens is 1. The summed E-state index contributed by atoms with van der Waals surface area (Å²) in [4.78, 5) is 18.3. The molecule has 1 unspecified atom stereocenters. The highest BCUT2D eigenvalue weighted by Gasteiger charge is 2.59. The number of nitrogens with one attached hydrogen (secondary N) is 3. The van der Waals surface area contributed by atoms with E-state index in [1.807, 2.05) is 5.32 Å². The molecule has 0 fully saturated rings. The van der Waals surface area contributed by atoms with Crippen LogP contribution >= 0.6 is 11.6 Å². The fourth-order valence-electron chi connectivity index (χ4n) is 2.28. The average molecular weight is 429 g/mol. The summed E-state index contributed by atoms with van der Waals surface area (Å²) in [6.45, 7) is -0.196. The number of rotatable bonds is 8. The monoisotopic (exact) mass is 428 g/mol. The lowest BCUT2D eigenvalue weighted by atomic mass is 9.82. The van der Waals surface area contributed by atoms with Gasteiger partial charge in [0.15, 0.2) is 13.5 Å². The first-order valence-corrected chi connectivity index (χ1v) is 8.32. The summed E-state index contributed by atoms with van der Waals surface area (Å²) < 4.78 is 0. The van der Waals surface area contributed by atoms with Crippen molar-refractivity contribution in [2.45, 2.75) is 17.4 Å². The molecule has 14 heteroatoms. The minimum Gasteiger partial charge on any atom is -0.395 e. The molecule has 2 radical (unpaired) electrons. The molecule has 1 amide bonds. The van der Waals surface area contributed by atoms with E-state index in [0.29, 0.717) is 5.56 Å². The first-order valence-electron chi connectivity index (χ1n) is 7.95. The van der Waals surface area contributed by atoms with Gasteiger partial charge in [0.2, 0.25) is 0 Å². The van der Waals surface area contributed by atoms with E-state index in [4.69, 9.17) is 24.6 Å². The van der Waals surface area contributed by atoms with Gasteiger partial charge in [0, 0.05) is 30.1 Å². The number of hydrogen-bond donors (Lipinski definition) is 10. The number of anilines is 1. The van der Waals surface area contributed by atoms with E-state index in [2.05, 4.69) is 15.3 Å². The number of aromatic amines is 1. The number of amides is 1. The highest BCUT2D eigenvalue weighted by atomic mass is 35.5. The summed E-state index contributed by atoms with van der Waals surface area (Å²) in [7, 11) is 4.90. The molecular weight excluding hydrogens is 410 g/mol. The Hall–Kier alpha value is -2.23.